The van der Waals surface area contributed by atoms with Gasteiger partial charge in [-0.3, -0.25) is 9.69 Å². The highest BCUT2D eigenvalue weighted by Crippen LogP contribution is 2.46. The molecular weight excluding hydrogens is 346 g/mol. The number of para-hydroxylation sites is 2. The highest BCUT2D eigenvalue weighted by molar-refractivity contribution is 6.06. The van der Waals surface area contributed by atoms with Crippen molar-refractivity contribution in [3.8, 4) is 11.5 Å². The standard InChI is InChI=1S/C21H19NO5/c1-25-17-10-6-9-14(20(17)26-2)15-11-18(23)22(13-7-4-3-5-8-13)16-12-27-21(24)19(15)16/h3-10,15H,11-12H2,1-2H3. The first-order valence-corrected chi connectivity index (χ1v) is 8.64. The SMILES string of the molecule is COc1cccc(C2CC(=O)N(c3ccccc3)C3=C2C(=O)OC3)c1OC. The third kappa shape index (κ3) is 2.73. The van der Waals surface area contributed by atoms with E-state index in [1.807, 2.05) is 42.5 Å². The number of esters is 1. The van der Waals surface area contributed by atoms with Crippen LogP contribution in [0.25, 0.3) is 0 Å². The van der Waals surface area contributed by atoms with E-state index in [1.54, 1.807) is 25.2 Å². The van der Waals surface area contributed by atoms with Crippen LogP contribution in [0.3, 0.4) is 0 Å². The van der Waals surface area contributed by atoms with Gasteiger partial charge in [-0.2, -0.15) is 0 Å². The Labute approximate surface area is 156 Å². The summed E-state index contributed by atoms with van der Waals surface area (Å²) in [5.41, 5.74) is 2.57. The lowest BCUT2D eigenvalue weighted by Gasteiger charge is -2.32. The van der Waals surface area contributed by atoms with E-state index in [0.29, 0.717) is 22.8 Å². The number of amides is 1. The van der Waals surface area contributed by atoms with Crippen LogP contribution in [0.1, 0.15) is 17.9 Å². The maximum atomic E-state index is 13.0. The number of methoxy groups -OCH3 is 2. The van der Waals surface area contributed by atoms with Gasteiger partial charge >= 0.3 is 5.97 Å². The summed E-state index contributed by atoms with van der Waals surface area (Å²) in [6.07, 6.45) is 0.145. The van der Waals surface area contributed by atoms with E-state index >= 15 is 0 Å². The predicted octanol–water partition coefficient (Wildman–Crippen LogP) is 3.04. The summed E-state index contributed by atoms with van der Waals surface area (Å²) in [4.78, 5) is 27.2. The molecule has 27 heavy (non-hydrogen) atoms. The number of anilines is 1. The summed E-state index contributed by atoms with van der Waals surface area (Å²) in [7, 11) is 3.10. The first-order valence-electron chi connectivity index (χ1n) is 8.64. The van der Waals surface area contributed by atoms with Crippen molar-refractivity contribution < 1.29 is 23.8 Å². The minimum absolute atomic E-state index is 0.0809. The van der Waals surface area contributed by atoms with Crippen LogP contribution in [-0.2, 0) is 14.3 Å². The molecule has 2 aliphatic heterocycles. The number of cyclic esters (lactones) is 1. The summed E-state index contributed by atoms with van der Waals surface area (Å²) in [6.45, 7) is 0.0809. The molecule has 0 N–H and O–H groups in total. The highest BCUT2D eigenvalue weighted by atomic mass is 16.5. The number of hydrogen-bond acceptors (Lipinski definition) is 5. The number of benzene rings is 2. The van der Waals surface area contributed by atoms with E-state index in [-0.39, 0.29) is 18.9 Å². The molecular formula is C21H19NO5. The molecule has 1 amide bonds. The van der Waals surface area contributed by atoms with Crippen molar-refractivity contribution in [2.75, 3.05) is 25.7 Å². The molecule has 2 heterocycles. The van der Waals surface area contributed by atoms with Gasteiger partial charge in [-0.1, -0.05) is 30.3 Å². The van der Waals surface area contributed by atoms with Crippen molar-refractivity contribution >= 4 is 17.6 Å². The molecule has 0 fully saturated rings. The zero-order valence-electron chi connectivity index (χ0n) is 15.1. The van der Waals surface area contributed by atoms with Crippen LogP contribution in [0.15, 0.2) is 59.8 Å². The summed E-state index contributed by atoms with van der Waals surface area (Å²) in [5.74, 6) is 0.160. The number of hydrogen-bond donors (Lipinski definition) is 0. The molecule has 0 bridgehead atoms. The maximum absolute atomic E-state index is 13.0. The molecule has 1 atom stereocenters. The largest absolute Gasteiger partial charge is 0.493 e. The van der Waals surface area contributed by atoms with Gasteiger partial charge in [0.15, 0.2) is 11.5 Å². The molecule has 138 valence electrons. The van der Waals surface area contributed by atoms with Gasteiger partial charge in [0.25, 0.3) is 0 Å². The second kappa shape index (κ2) is 6.79. The third-order valence-electron chi connectivity index (χ3n) is 4.94. The number of nitrogens with zero attached hydrogens (tertiary/aromatic N) is 1. The third-order valence-corrected chi connectivity index (χ3v) is 4.94. The first-order chi connectivity index (χ1) is 13.2. The summed E-state index contributed by atoms with van der Waals surface area (Å²) in [5, 5.41) is 0. The fourth-order valence-electron chi connectivity index (χ4n) is 3.78. The Balaban J connectivity index is 1.87. The topological polar surface area (TPSA) is 65.1 Å². The normalized spacial score (nSPS) is 19.0. The van der Waals surface area contributed by atoms with Gasteiger partial charge in [-0.15, -0.1) is 0 Å². The number of ether oxygens (including phenoxy) is 3. The van der Waals surface area contributed by atoms with Crippen molar-refractivity contribution in [3.63, 3.8) is 0 Å². The van der Waals surface area contributed by atoms with Crippen LogP contribution < -0.4 is 14.4 Å². The van der Waals surface area contributed by atoms with E-state index in [0.717, 1.165) is 11.3 Å². The zero-order valence-corrected chi connectivity index (χ0v) is 15.1. The summed E-state index contributed by atoms with van der Waals surface area (Å²) < 4.78 is 16.2. The van der Waals surface area contributed by atoms with Gasteiger partial charge in [0.1, 0.15) is 6.61 Å². The predicted molar refractivity (Wildman–Crippen MR) is 98.8 cm³/mol. The molecule has 0 aliphatic carbocycles. The second-order valence-corrected chi connectivity index (χ2v) is 6.34. The summed E-state index contributed by atoms with van der Waals surface area (Å²) in [6, 6.07) is 14.8. The minimum atomic E-state index is -0.437. The summed E-state index contributed by atoms with van der Waals surface area (Å²) >= 11 is 0. The van der Waals surface area contributed by atoms with Gasteiger partial charge in [0.2, 0.25) is 5.91 Å². The van der Waals surface area contributed by atoms with Gasteiger partial charge in [-0.25, -0.2) is 4.79 Å². The monoisotopic (exact) mass is 365 g/mol. The Kier molecular flexibility index (Phi) is 4.32. The first kappa shape index (κ1) is 17.1. The van der Waals surface area contributed by atoms with Crippen LogP contribution in [0.2, 0.25) is 0 Å². The van der Waals surface area contributed by atoms with Crippen LogP contribution in [0, 0.1) is 0 Å². The zero-order chi connectivity index (χ0) is 19.0. The molecule has 1 unspecified atom stereocenters. The molecule has 0 spiro atoms. The Bertz CT molecular complexity index is 935. The fourth-order valence-corrected chi connectivity index (χ4v) is 3.78. The van der Waals surface area contributed by atoms with Crippen LogP contribution in [0.4, 0.5) is 5.69 Å². The fraction of sp³-hybridized carbons (Fsp3) is 0.238. The van der Waals surface area contributed by atoms with Crippen molar-refractivity contribution in [1.29, 1.82) is 0 Å². The molecule has 0 saturated heterocycles. The Hall–Kier alpha value is -3.28. The van der Waals surface area contributed by atoms with E-state index in [4.69, 9.17) is 14.2 Å². The maximum Gasteiger partial charge on any atom is 0.336 e. The van der Waals surface area contributed by atoms with Crippen molar-refractivity contribution in [2.45, 2.75) is 12.3 Å². The minimum Gasteiger partial charge on any atom is -0.493 e. The van der Waals surface area contributed by atoms with Gasteiger partial charge in [-0.05, 0) is 18.2 Å². The smallest absolute Gasteiger partial charge is 0.336 e. The molecule has 0 saturated carbocycles. The van der Waals surface area contributed by atoms with E-state index in [2.05, 4.69) is 0 Å². The Morgan fingerprint density at radius 2 is 1.78 bits per heavy atom. The lowest BCUT2D eigenvalue weighted by atomic mass is 9.83. The molecule has 6 nitrogen and oxygen atoms in total. The van der Waals surface area contributed by atoms with E-state index in [1.165, 1.54) is 0 Å². The average Bonchev–Trinajstić information content (AvgIpc) is 3.08. The molecule has 2 aromatic carbocycles. The Morgan fingerprint density at radius 3 is 2.48 bits per heavy atom. The molecule has 4 rings (SSSR count). The van der Waals surface area contributed by atoms with Gasteiger partial charge in [0, 0.05) is 23.6 Å². The van der Waals surface area contributed by atoms with E-state index < -0.39 is 11.9 Å². The Morgan fingerprint density at radius 1 is 1.00 bits per heavy atom. The molecule has 0 radical (unpaired) electrons. The average molecular weight is 365 g/mol. The number of rotatable bonds is 4. The highest BCUT2D eigenvalue weighted by Gasteiger charge is 2.44. The number of carbonyl (C=O) groups excluding carboxylic acids is 2. The quantitative estimate of drug-likeness (QED) is 0.779. The number of carbonyl (C=O) groups is 2. The van der Waals surface area contributed by atoms with Crippen LogP contribution in [0.5, 0.6) is 11.5 Å². The van der Waals surface area contributed by atoms with Crippen molar-refractivity contribution in [1.82, 2.24) is 0 Å². The van der Waals surface area contributed by atoms with Gasteiger partial charge in [0.05, 0.1) is 25.5 Å². The molecule has 2 aromatic rings. The van der Waals surface area contributed by atoms with E-state index in [9.17, 15) is 9.59 Å². The lowest BCUT2D eigenvalue weighted by molar-refractivity contribution is -0.136. The van der Waals surface area contributed by atoms with Crippen LogP contribution in [-0.4, -0.2) is 32.7 Å². The molecule has 6 heteroatoms. The van der Waals surface area contributed by atoms with Crippen LogP contribution >= 0.6 is 0 Å². The lowest BCUT2D eigenvalue weighted by Crippen LogP contribution is -2.37. The van der Waals surface area contributed by atoms with Crippen molar-refractivity contribution in [3.05, 3.63) is 65.4 Å². The second-order valence-electron chi connectivity index (χ2n) is 6.34. The molecule has 2 aliphatic rings. The van der Waals surface area contributed by atoms with Gasteiger partial charge < -0.3 is 14.2 Å². The van der Waals surface area contributed by atoms with Crippen molar-refractivity contribution in [2.24, 2.45) is 0 Å². The molecule has 0 aromatic heterocycles.